The Morgan fingerprint density at radius 1 is 1.31 bits per heavy atom. The molecule has 0 radical (unpaired) electrons. The Morgan fingerprint density at radius 2 is 1.81 bits per heavy atom. The van der Waals surface area contributed by atoms with Crippen molar-refractivity contribution in [3.63, 3.8) is 0 Å². The van der Waals surface area contributed by atoms with E-state index in [1.165, 1.54) is 14.1 Å². The first-order valence-corrected chi connectivity index (χ1v) is 4.03. The number of allylic oxidation sites excluding steroid dienone is 1. The Bertz CT molecular complexity index is 310. The molecule has 0 saturated heterocycles. The summed E-state index contributed by atoms with van der Waals surface area (Å²) in [4.78, 5) is 22.5. The van der Waals surface area contributed by atoms with Crippen molar-refractivity contribution in [2.45, 2.75) is 6.18 Å². The van der Waals surface area contributed by atoms with E-state index in [4.69, 9.17) is 0 Å². The summed E-state index contributed by atoms with van der Waals surface area (Å²) in [5.74, 6) is -1.20. The van der Waals surface area contributed by atoms with Gasteiger partial charge in [-0.05, 0) is 0 Å². The van der Waals surface area contributed by atoms with Gasteiger partial charge in [0.05, 0.1) is 13.2 Å². The Morgan fingerprint density at radius 3 is 2.12 bits per heavy atom. The van der Waals surface area contributed by atoms with Gasteiger partial charge < -0.3 is 15.0 Å². The molecule has 0 aliphatic rings. The lowest BCUT2D eigenvalue weighted by Crippen LogP contribution is -2.38. The number of urea groups is 1. The fourth-order valence-corrected chi connectivity index (χ4v) is 0.593. The predicted molar refractivity (Wildman–Crippen MR) is 48.4 cm³/mol. The van der Waals surface area contributed by atoms with Crippen LogP contribution in [0.2, 0.25) is 0 Å². The normalized spacial score (nSPS) is 12.0. The van der Waals surface area contributed by atoms with Crippen LogP contribution in [-0.4, -0.2) is 44.3 Å². The minimum absolute atomic E-state index is 0.168. The van der Waals surface area contributed by atoms with E-state index >= 15 is 0 Å². The summed E-state index contributed by atoms with van der Waals surface area (Å²) in [6.45, 7) is 0. The molecule has 0 aromatic rings. The van der Waals surface area contributed by atoms with Gasteiger partial charge in [0, 0.05) is 14.1 Å². The van der Waals surface area contributed by atoms with Crippen LogP contribution in [-0.2, 0) is 9.53 Å². The van der Waals surface area contributed by atoms with Crippen LogP contribution in [0.4, 0.5) is 18.0 Å². The Labute approximate surface area is 89.8 Å². The molecule has 0 fully saturated rings. The number of nitrogens with one attached hydrogen (secondary N) is 1. The SMILES string of the molecule is COC(=O)C=C(NC(=O)N(C)C)C(F)(F)F. The van der Waals surface area contributed by atoms with Crippen molar-refractivity contribution in [2.75, 3.05) is 21.2 Å². The first-order chi connectivity index (χ1) is 7.18. The molecule has 1 N–H and O–H groups in total. The van der Waals surface area contributed by atoms with Gasteiger partial charge in [0.25, 0.3) is 0 Å². The summed E-state index contributed by atoms with van der Waals surface area (Å²) in [7, 11) is 3.46. The van der Waals surface area contributed by atoms with Gasteiger partial charge in [-0.3, -0.25) is 0 Å². The third kappa shape index (κ3) is 4.67. The largest absolute Gasteiger partial charge is 0.466 e. The number of carbonyl (C=O) groups excluding carboxylic acids is 2. The van der Waals surface area contributed by atoms with E-state index in [1.54, 1.807) is 5.32 Å². The molecule has 0 heterocycles. The van der Waals surface area contributed by atoms with Crippen LogP contribution in [0, 0.1) is 0 Å². The van der Waals surface area contributed by atoms with Crippen LogP contribution < -0.4 is 5.32 Å². The smallest absolute Gasteiger partial charge is 0.431 e. The zero-order valence-corrected chi connectivity index (χ0v) is 8.88. The molecule has 0 aromatic heterocycles. The van der Waals surface area contributed by atoms with Crippen LogP contribution in [0.3, 0.4) is 0 Å². The van der Waals surface area contributed by atoms with Gasteiger partial charge in [-0.2, -0.15) is 13.2 Å². The van der Waals surface area contributed by atoms with Gasteiger partial charge in [0.15, 0.2) is 0 Å². The maximum atomic E-state index is 12.3. The number of nitrogens with zero attached hydrogens (tertiary/aromatic N) is 1. The molecule has 16 heavy (non-hydrogen) atoms. The third-order valence-electron chi connectivity index (χ3n) is 1.42. The highest BCUT2D eigenvalue weighted by Gasteiger charge is 2.36. The molecule has 0 aromatic carbocycles. The highest BCUT2D eigenvalue weighted by atomic mass is 19.4. The molecule has 0 unspecified atom stereocenters. The standard InChI is InChI=1S/C8H11F3N2O3/c1-13(2)7(15)12-5(8(9,10)11)4-6(14)16-3/h4H,1-3H3,(H,12,15). The molecule has 5 nitrogen and oxygen atoms in total. The summed E-state index contributed by atoms with van der Waals surface area (Å²) in [6, 6.07) is -0.993. The van der Waals surface area contributed by atoms with Crippen molar-refractivity contribution in [2.24, 2.45) is 0 Å². The van der Waals surface area contributed by atoms with Crippen molar-refractivity contribution in [1.82, 2.24) is 10.2 Å². The van der Waals surface area contributed by atoms with Gasteiger partial charge in [-0.25, -0.2) is 9.59 Å². The minimum Gasteiger partial charge on any atom is -0.466 e. The number of ether oxygens (including phenoxy) is 1. The number of esters is 1. The topological polar surface area (TPSA) is 58.6 Å². The number of hydrogen-bond acceptors (Lipinski definition) is 3. The van der Waals surface area contributed by atoms with Crippen molar-refractivity contribution >= 4 is 12.0 Å². The third-order valence-corrected chi connectivity index (χ3v) is 1.42. The molecule has 0 rings (SSSR count). The van der Waals surface area contributed by atoms with Crippen LogP contribution >= 0.6 is 0 Å². The van der Waals surface area contributed by atoms with Gasteiger partial charge in [0.2, 0.25) is 0 Å². The van der Waals surface area contributed by atoms with Gasteiger partial charge in [-0.1, -0.05) is 0 Å². The van der Waals surface area contributed by atoms with Crippen molar-refractivity contribution < 1.29 is 27.5 Å². The maximum Gasteiger partial charge on any atom is 0.431 e. The average Bonchev–Trinajstić information content (AvgIpc) is 2.14. The van der Waals surface area contributed by atoms with E-state index in [9.17, 15) is 22.8 Å². The summed E-state index contributed by atoms with van der Waals surface area (Å²) < 4.78 is 41.0. The van der Waals surface area contributed by atoms with E-state index in [2.05, 4.69) is 4.74 Å². The molecular formula is C8H11F3N2O3. The first kappa shape index (κ1) is 14.3. The summed E-state index contributed by atoms with van der Waals surface area (Å²) in [5.41, 5.74) is -1.47. The fraction of sp³-hybridized carbons (Fsp3) is 0.500. The van der Waals surface area contributed by atoms with Gasteiger partial charge in [-0.15, -0.1) is 0 Å². The minimum atomic E-state index is -4.83. The van der Waals surface area contributed by atoms with E-state index in [1.807, 2.05) is 0 Å². The zero-order chi connectivity index (χ0) is 12.9. The van der Waals surface area contributed by atoms with E-state index in [0.717, 1.165) is 12.0 Å². The van der Waals surface area contributed by atoms with Crippen LogP contribution in [0.25, 0.3) is 0 Å². The highest BCUT2D eigenvalue weighted by Crippen LogP contribution is 2.23. The van der Waals surface area contributed by atoms with Crippen molar-refractivity contribution in [1.29, 1.82) is 0 Å². The molecule has 0 spiro atoms. The zero-order valence-electron chi connectivity index (χ0n) is 8.88. The Hall–Kier alpha value is -1.73. The fourth-order valence-electron chi connectivity index (χ4n) is 0.593. The molecule has 92 valence electrons. The van der Waals surface area contributed by atoms with Crippen LogP contribution in [0.1, 0.15) is 0 Å². The molecule has 0 aliphatic heterocycles. The average molecular weight is 240 g/mol. The van der Waals surface area contributed by atoms with E-state index in [-0.39, 0.29) is 6.08 Å². The number of alkyl halides is 3. The van der Waals surface area contributed by atoms with Gasteiger partial charge >= 0.3 is 18.2 Å². The monoisotopic (exact) mass is 240 g/mol. The quantitative estimate of drug-likeness (QED) is 0.575. The Kier molecular flexibility index (Phi) is 4.80. The van der Waals surface area contributed by atoms with E-state index < -0.39 is 23.9 Å². The summed E-state index contributed by atoms with van der Waals surface area (Å²) in [6.07, 6.45) is -4.67. The second-order valence-corrected chi connectivity index (χ2v) is 2.90. The van der Waals surface area contributed by atoms with Crippen LogP contribution in [0.15, 0.2) is 11.8 Å². The lowest BCUT2D eigenvalue weighted by molar-refractivity contribution is -0.136. The van der Waals surface area contributed by atoms with Crippen molar-refractivity contribution in [3.8, 4) is 0 Å². The number of carbonyl (C=O) groups is 2. The molecule has 0 bridgehead atoms. The van der Waals surface area contributed by atoms with Crippen LogP contribution in [0.5, 0.6) is 0 Å². The molecular weight excluding hydrogens is 229 g/mol. The number of hydrogen-bond donors (Lipinski definition) is 1. The van der Waals surface area contributed by atoms with Gasteiger partial charge in [0.1, 0.15) is 5.70 Å². The molecule has 8 heteroatoms. The van der Waals surface area contributed by atoms with E-state index in [0.29, 0.717) is 0 Å². The highest BCUT2D eigenvalue weighted by molar-refractivity contribution is 5.84. The Balaban J connectivity index is 4.92. The number of amides is 2. The summed E-state index contributed by atoms with van der Waals surface area (Å²) in [5, 5.41) is 1.54. The number of halogens is 3. The maximum absolute atomic E-state index is 12.3. The molecule has 0 atom stereocenters. The molecule has 0 aliphatic carbocycles. The second-order valence-electron chi connectivity index (χ2n) is 2.90. The molecule has 0 saturated carbocycles. The first-order valence-electron chi connectivity index (χ1n) is 4.03. The van der Waals surface area contributed by atoms with Crippen molar-refractivity contribution in [3.05, 3.63) is 11.8 Å². The number of methoxy groups -OCH3 is 1. The molecule has 2 amide bonds. The number of rotatable bonds is 2. The lowest BCUT2D eigenvalue weighted by atomic mass is 10.4. The second kappa shape index (κ2) is 5.38. The predicted octanol–water partition coefficient (Wildman–Crippen LogP) is 0.877. The summed E-state index contributed by atoms with van der Waals surface area (Å²) >= 11 is 0. The lowest BCUT2D eigenvalue weighted by Gasteiger charge is -2.16.